The first kappa shape index (κ1) is 18.5. The molecule has 2 N–H and O–H groups in total. The van der Waals surface area contributed by atoms with Gasteiger partial charge in [0, 0.05) is 11.8 Å². The molecule has 2 heterocycles. The van der Waals surface area contributed by atoms with Crippen LogP contribution in [0.5, 0.6) is 0 Å². The molecule has 1 atom stereocenters. The molecule has 0 fully saturated rings. The summed E-state index contributed by atoms with van der Waals surface area (Å²) in [6.45, 7) is 3.37. The zero-order valence-corrected chi connectivity index (χ0v) is 15.8. The largest absolute Gasteiger partial charge is 0.341 e. The topological polar surface area (TPSA) is 92.7 Å². The summed E-state index contributed by atoms with van der Waals surface area (Å²) >= 11 is 0. The van der Waals surface area contributed by atoms with Crippen LogP contribution in [0.3, 0.4) is 0 Å². The SMILES string of the molecule is Cc1cc(=O)c(C(=O)NC(C)c2nc3ccccc3[nH]2)nn1-c1ccccc1F. The number of halogens is 1. The predicted molar refractivity (Wildman–Crippen MR) is 107 cm³/mol. The Hall–Kier alpha value is -3.81. The van der Waals surface area contributed by atoms with Crippen LogP contribution < -0.4 is 10.7 Å². The van der Waals surface area contributed by atoms with E-state index in [1.54, 1.807) is 26.0 Å². The van der Waals surface area contributed by atoms with E-state index in [1.165, 1.54) is 22.9 Å². The van der Waals surface area contributed by atoms with Crippen molar-refractivity contribution >= 4 is 16.9 Å². The van der Waals surface area contributed by atoms with Crippen molar-refractivity contribution in [2.75, 3.05) is 0 Å². The summed E-state index contributed by atoms with van der Waals surface area (Å²) in [5, 5.41) is 6.84. The number of carbonyl (C=O) groups is 1. The number of hydrogen-bond donors (Lipinski definition) is 2. The molecule has 7 nitrogen and oxygen atoms in total. The zero-order chi connectivity index (χ0) is 20.5. The number of aryl methyl sites for hydroxylation is 1. The average Bonchev–Trinajstić information content (AvgIpc) is 3.13. The predicted octanol–water partition coefficient (Wildman–Crippen LogP) is 3.05. The molecule has 29 heavy (non-hydrogen) atoms. The highest BCUT2D eigenvalue weighted by Crippen LogP contribution is 2.16. The number of H-pyrrole nitrogens is 1. The number of imidazole rings is 1. The quantitative estimate of drug-likeness (QED) is 0.559. The number of carbonyl (C=O) groups excluding carboxylic acids is 1. The van der Waals surface area contributed by atoms with Crippen LogP contribution in [0.25, 0.3) is 16.7 Å². The van der Waals surface area contributed by atoms with E-state index < -0.39 is 23.2 Å². The fourth-order valence-corrected chi connectivity index (χ4v) is 3.08. The Morgan fingerprint density at radius 2 is 1.90 bits per heavy atom. The summed E-state index contributed by atoms with van der Waals surface area (Å²) in [5.74, 6) is -0.608. The minimum Gasteiger partial charge on any atom is -0.341 e. The number of nitrogens with zero attached hydrogens (tertiary/aromatic N) is 3. The highest BCUT2D eigenvalue weighted by Gasteiger charge is 2.20. The van der Waals surface area contributed by atoms with Gasteiger partial charge < -0.3 is 10.3 Å². The van der Waals surface area contributed by atoms with Gasteiger partial charge in [-0.25, -0.2) is 14.1 Å². The number of aromatic nitrogens is 4. The van der Waals surface area contributed by atoms with Crippen molar-refractivity contribution in [1.82, 2.24) is 25.1 Å². The normalized spacial score (nSPS) is 12.1. The van der Waals surface area contributed by atoms with E-state index in [-0.39, 0.29) is 11.4 Å². The Morgan fingerprint density at radius 1 is 1.17 bits per heavy atom. The van der Waals surface area contributed by atoms with E-state index in [2.05, 4.69) is 20.4 Å². The fourth-order valence-electron chi connectivity index (χ4n) is 3.08. The molecular formula is C21H18FN5O2. The Kier molecular flexibility index (Phi) is 4.67. The van der Waals surface area contributed by atoms with E-state index in [4.69, 9.17) is 0 Å². The second-order valence-corrected chi connectivity index (χ2v) is 6.70. The summed E-state index contributed by atoms with van der Waals surface area (Å²) < 4.78 is 15.4. The van der Waals surface area contributed by atoms with Crippen LogP contribution in [-0.2, 0) is 0 Å². The molecule has 0 saturated carbocycles. The zero-order valence-electron chi connectivity index (χ0n) is 15.8. The van der Waals surface area contributed by atoms with E-state index >= 15 is 0 Å². The number of rotatable bonds is 4. The van der Waals surface area contributed by atoms with Crippen LogP contribution >= 0.6 is 0 Å². The number of amides is 1. The van der Waals surface area contributed by atoms with Crippen LogP contribution in [0.4, 0.5) is 4.39 Å². The molecule has 0 aliphatic rings. The van der Waals surface area contributed by atoms with Gasteiger partial charge in [0.15, 0.2) is 5.69 Å². The van der Waals surface area contributed by atoms with Crippen LogP contribution in [0.2, 0.25) is 0 Å². The van der Waals surface area contributed by atoms with Crippen molar-refractivity contribution in [2.45, 2.75) is 19.9 Å². The van der Waals surface area contributed by atoms with Gasteiger partial charge in [-0.1, -0.05) is 24.3 Å². The van der Waals surface area contributed by atoms with E-state index in [0.717, 1.165) is 11.0 Å². The van der Waals surface area contributed by atoms with Gasteiger partial charge in [-0.3, -0.25) is 9.59 Å². The Balaban J connectivity index is 1.65. The smallest absolute Gasteiger partial charge is 0.276 e. The molecule has 0 spiro atoms. The van der Waals surface area contributed by atoms with Gasteiger partial charge in [0.2, 0.25) is 5.43 Å². The van der Waals surface area contributed by atoms with Gasteiger partial charge in [0.1, 0.15) is 17.3 Å². The minimum absolute atomic E-state index is 0.157. The molecule has 0 saturated heterocycles. The number of fused-ring (bicyclic) bond motifs is 1. The first-order valence-corrected chi connectivity index (χ1v) is 9.05. The van der Waals surface area contributed by atoms with Crippen molar-refractivity contribution in [1.29, 1.82) is 0 Å². The molecule has 0 aliphatic carbocycles. The van der Waals surface area contributed by atoms with E-state index in [9.17, 15) is 14.0 Å². The monoisotopic (exact) mass is 391 g/mol. The Labute approximate surface area is 165 Å². The van der Waals surface area contributed by atoms with Crippen molar-refractivity contribution in [2.24, 2.45) is 0 Å². The van der Waals surface area contributed by atoms with Crippen molar-refractivity contribution in [3.63, 3.8) is 0 Å². The second kappa shape index (κ2) is 7.31. The van der Waals surface area contributed by atoms with E-state index in [0.29, 0.717) is 11.5 Å². The van der Waals surface area contributed by atoms with Crippen LogP contribution in [0.15, 0.2) is 59.4 Å². The molecule has 4 aromatic rings. The minimum atomic E-state index is -0.659. The van der Waals surface area contributed by atoms with Crippen LogP contribution in [0, 0.1) is 12.7 Å². The third kappa shape index (κ3) is 3.52. The van der Waals surface area contributed by atoms with Gasteiger partial charge in [0.05, 0.1) is 17.1 Å². The fraction of sp³-hybridized carbons (Fsp3) is 0.143. The molecule has 2 aromatic heterocycles. The van der Waals surface area contributed by atoms with Crippen molar-refractivity contribution in [3.8, 4) is 5.69 Å². The Bertz CT molecular complexity index is 1240. The summed E-state index contributed by atoms with van der Waals surface area (Å²) in [5.41, 5.74) is 1.34. The first-order valence-electron chi connectivity index (χ1n) is 9.05. The maximum atomic E-state index is 14.2. The lowest BCUT2D eigenvalue weighted by Crippen LogP contribution is -2.34. The van der Waals surface area contributed by atoms with Gasteiger partial charge in [-0.15, -0.1) is 0 Å². The van der Waals surface area contributed by atoms with Crippen molar-refractivity contribution in [3.05, 3.63) is 87.9 Å². The third-order valence-electron chi connectivity index (χ3n) is 4.57. The van der Waals surface area contributed by atoms with Crippen LogP contribution in [-0.4, -0.2) is 25.7 Å². The maximum Gasteiger partial charge on any atom is 0.276 e. The summed E-state index contributed by atoms with van der Waals surface area (Å²) in [6, 6.07) is 14.3. The Morgan fingerprint density at radius 3 is 2.66 bits per heavy atom. The molecule has 8 heteroatoms. The number of hydrogen-bond acceptors (Lipinski definition) is 4. The lowest BCUT2D eigenvalue weighted by atomic mass is 10.2. The molecule has 0 radical (unpaired) electrons. The highest BCUT2D eigenvalue weighted by atomic mass is 19.1. The second-order valence-electron chi connectivity index (χ2n) is 6.70. The number of para-hydroxylation sites is 3. The standard InChI is InChI=1S/C21H18FN5O2/c1-12-11-18(28)19(26-27(12)17-10-6-3-7-14(17)22)21(29)23-13(2)20-24-15-8-4-5-9-16(15)25-20/h3-11,13H,1-2H3,(H,23,29)(H,24,25). The number of aromatic amines is 1. The lowest BCUT2D eigenvalue weighted by molar-refractivity contribution is 0.0930. The first-order chi connectivity index (χ1) is 13.9. The molecule has 2 aromatic carbocycles. The average molecular weight is 391 g/mol. The molecule has 1 amide bonds. The molecule has 0 bridgehead atoms. The molecule has 0 aliphatic heterocycles. The lowest BCUT2D eigenvalue weighted by Gasteiger charge is -2.14. The third-order valence-corrected chi connectivity index (χ3v) is 4.57. The van der Waals surface area contributed by atoms with E-state index in [1.807, 2.05) is 24.3 Å². The number of nitrogens with one attached hydrogen (secondary N) is 2. The molecule has 4 rings (SSSR count). The summed E-state index contributed by atoms with van der Waals surface area (Å²) in [4.78, 5) is 32.7. The summed E-state index contributed by atoms with van der Waals surface area (Å²) in [7, 11) is 0. The van der Waals surface area contributed by atoms with Gasteiger partial charge in [0.25, 0.3) is 5.91 Å². The highest BCUT2D eigenvalue weighted by molar-refractivity contribution is 5.92. The van der Waals surface area contributed by atoms with Gasteiger partial charge in [-0.05, 0) is 38.1 Å². The van der Waals surface area contributed by atoms with Crippen molar-refractivity contribution < 1.29 is 9.18 Å². The van der Waals surface area contributed by atoms with Gasteiger partial charge >= 0.3 is 0 Å². The maximum absolute atomic E-state index is 14.2. The van der Waals surface area contributed by atoms with Gasteiger partial charge in [-0.2, -0.15) is 5.10 Å². The molecular weight excluding hydrogens is 373 g/mol. The molecule has 146 valence electrons. The molecule has 1 unspecified atom stereocenters. The summed E-state index contributed by atoms with van der Waals surface area (Å²) in [6.07, 6.45) is 0. The van der Waals surface area contributed by atoms with Crippen LogP contribution in [0.1, 0.15) is 35.0 Å². The number of benzene rings is 2.